The molecule has 1 saturated heterocycles. The van der Waals surface area contributed by atoms with Crippen LogP contribution in [0, 0.1) is 0 Å². The van der Waals surface area contributed by atoms with E-state index < -0.39 is 5.92 Å². The Morgan fingerprint density at radius 1 is 1.35 bits per heavy atom. The summed E-state index contributed by atoms with van der Waals surface area (Å²) in [5.41, 5.74) is 1.14. The number of likely N-dealkylation sites (N-methyl/N-ethyl adjacent to an activating group) is 1. The van der Waals surface area contributed by atoms with Crippen LogP contribution in [-0.2, 0) is 0 Å². The zero-order valence-electron chi connectivity index (χ0n) is 10.00. The first-order chi connectivity index (χ1) is 8.11. The molecule has 2 rings (SSSR count). The molecule has 1 fully saturated rings. The fourth-order valence-electron chi connectivity index (χ4n) is 2.27. The topological polar surface area (TPSA) is 15.3 Å². The second-order valence-electron chi connectivity index (χ2n) is 4.59. The van der Waals surface area contributed by atoms with Crippen LogP contribution in [0.2, 0.25) is 0 Å². The fourth-order valence-corrected chi connectivity index (χ4v) is 2.27. The molecule has 1 N–H and O–H groups in total. The Hall–Kier alpha value is -1.00. The quantitative estimate of drug-likeness (QED) is 0.868. The molecule has 2 nitrogen and oxygen atoms in total. The highest BCUT2D eigenvalue weighted by molar-refractivity contribution is 5.19. The average Bonchev–Trinajstić information content (AvgIpc) is 2.67. The smallest absolute Gasteiger partial charge is 0.261 e. The lowest BCUT2D eigenvalue weighted by atomic mass is 10.1. The maximum atomic E-state index is 13.1. The van der Waals surface area contributed by atoms with Crippen LogP contribution in [-0.4, -0.2) is 37.5 Å². The van der Waals surface area contributed by atoms with Gasteiger partial charge >= 0.3 is 0 Å². The summed E-state index contributed by atoms with van der Waals surface area (Å²) in [6.07, 6.45) is -0.0157. The second-order valence-corrected chi connectivity index (χ2v) is 4.59. The third-order valence-electron chi connectivity index (χ3n) is 3.24. The normalized spacial score (nSPS) is 21.6. The first kappa shape index (κ1) is 12.5. The minimum absolute atomic E-state index is 0.0157. The standard InChI is InChI=1S/C13H18F2N2/c1-16-12(11-5-3-2-4-6-11)9-17-8-7-13(14,15)10-17/h2-6,12,16H,7-10H2,1H3. The van der Waals surface area contributed by atoms with Crippen LogP contribution in [0.25, 0.3) is 0 Å². The maximum Gasteiger partial charge on any atom is 0.261 e. The lowest BCUT2D eigenvalue weighted by Gasteiger charge is -2.23. The number of rotatable bonds is 4. The van der Waals surface area contributed by atoms with Crippen LogP contribution >= 0.6 is 0 Å². The molecule has 1 aromatic carbocycles. The van der Waals surface area contributed by atoms with Crippen LogP contribution in [0.4, 0.5) is 8.78 Å². The highest BCUT2D eigenvalue weighted by atomic mass is 19.3. The summed E-state index contributed by atoms with van der Waals surface area (Å²) in [6, 6.07) is 10.1. The molecule has 0 aliphatic carbocycles. The van der Waals surface area contributed by atoms with Crippen molar-refractivity contribution in [2.75, 3.05) is 26.7 Å². The molecule has 0 spiro atoms. The molecule has 1 aliphatic rings. The first-order valence-corrected chi connectivity index (χ1v) is 5.93. The SMILES string of the molecule is CNC(CN1CCC(F)(F)C1)c1ccccc1. The van der Waals surface area contributed by atoms with Crippen molar-refractivity contribution in [3.63, 3.8) is 0 Å². The van der Waals surface area contributed by atoms with Crippen molar-refractivity contribution >= 4 is 0 Å². The van der Waals surface area contributed by atoms with E-state index in [0.717, 1.165) is 5.56 Å². The second kappa shape index (κ2) is 5.10. The summed E-state index contributed by atoms with van der Waals surface area (Å²) < 4.78 is 26.2. The van der Waals surface area contributed by atoms with E-state index in [4.69, 9.17) is 0 Å². The van der Waals surface area contributed by atoms with E-state index in [0.29, 0.717) is 13.1 Å². The minimum Gasteiger partial charge on any atom is -0.312 e. The lowest BCUT2D eigenvalue weighted by molar-refractivity contribution is 0.0115. The molecule has 0 bridgehead atoms. The molecule has 4 heteroatoms. The van der Waals surface area contributed by atoms with Crippen molar-refractivity contribution in [3.8, 4) is 0 Å². The number of alkyl halides is 2. The third-order valence-corrected chi connectivity index (χ3v) is 3.24. The number of nitrogens with one attached hydrogen (secondary N) is 1. The van der Waals surface area contributed by atoms with Crippen molar-refractivity contribution in [3.05, 3.63) is 35.9 Å². The third kappa shape index (κ3) is 3.23. The van der Waals surface area contributed by atoms with Crippen molar-refractivity contribution < 1.29 is 8.78 Å². The van der Waals surface area contributed by atoms with Crippen molar-refractivity contribution in [1.29, 1.82) is 0 Å². The first-order valence-electron chi connectivity index (χ1n) is 5.93. The highest BCUT2D eigenvalue weighted by Crippen LogP contribution is 2.28. The van der Waals surface area contributed by atoms with E-state index in [-0.39, 0.29) is 19.0 Å². The van der Waals surface area contributed by atoms with Gasteiger partial charge in [0.15, 0.2) is 0 Å². The van der Waals surface area contributed by atoms with Gasteiger partial charge in [-0.2, -0.15) is 0 Å². The summed E-state index contributed by atoms with van der Waals surface area (Å²) in [5.74, 6) is -2.50. The van der Waals surface area contributed by atoms with Gasteiger partial charge < -0.3 is 5.32 Å². The molecule has 1 atom stereocenters. The number of hydrogen-bond acceptors (Lipinski definition) is 2. The van der Waals surface area contributed by atoms with E-state index in [2.05, 4.69) is 5.32 Å². The zero-order valence-corrected chi connectivity index (χ0v) is 10.00. The predicted molar refractivity (Wildman–Crippen MR) is 64.2 cm³/mol. The summed E-state index contributed by atoms with van der Waals surface area (Å²) in [4.78, 5) is 1.83. The molecule has 94 valence electrons. The number of likely N-dealkylation sites (tertiary alicyclic amines) is 1. The zero-order chi connectivity index (χ0) is 12.3. The summed E-state index contributed by atoms with van der Waals surface area (Å²) in [6.45, 7) is 1.01. The highest BCUT2D eigenvalue weighted by Gasteiger charge is 2.38. The Kier molecular flexibility index (Phi) is 3.74. The van der Waals surface area contributed by atoms with E-state index >= 15 is 0 Å². The number of benzene rings is 1. The van der Waals surface area contributed by atoms with Crippen molar-refractivity contribution in [2.45, 2.75) is 18.4 Å². The molecule has 17 heavy (non-hydrogen) atoms. The van der Waals surface area contributed by atoms with Crippen LogP contribution in [0.3, 0.4) is 0 Å². The molecule has 0 aromatic heterocycles. The van der Waals surface area contributed by atoms with Gasteiger partial charge in [-0.05, 0) is 12.6 Å². The molecule has 0 amide bonds. The van der Waals surface area contributed by atoms with E-state index in [1.54, 1.807) is 0 Å². The Morgan fingerprint density at radius 3 is 2.59 bits per heavy atom. The van der Waals surface area contributed by atoms with Gasteiger partial charge in [0.2, 0.25) is 0 Å². The monoisotopic (exact) mass is 240 g/mol. The van der Waals surface area contributed by atoms with Gasteiger partial charge in [-0.25, -0.2) is 8.78 Å². The van der Waals surface area contributed by atoms with Crippen LogP contribution in [0.15, 0.2) is 30.3 Å². The largest absolute Gasteiger partial charge is 0.312 e. The van der Waals surface area contributed by atoms with Gasteiger partial charge in [0.25, 0.3) is 5.92 Å². The Bertz CT molecular complexity index is 354. The predicted octanol–water partition coefficient (Wildman–Crippen LogP) is 2.29. The molecular formula is C13H18F2N2. The Labute approximate surface area is 101 Å². The van der Waals surface area contributed by atoms with Crippen LogP contribution in [0.5, 0.6) is 0 Å². The fraction of sp³-hybridized carbons (Fsp3) is 0.538. The molecule has 1 aliphatic heterocycles. The molecule has 1 unspecified atom stereocenters. The number of nitrogens with zero attached hydrogens (tertiary/aromatic N) is 1. The van der Waals surface area contributed by atoms with Gasteiger partial charge in [-0.15, -0.1) is 0 Å². The van der Waals surface area contributed by atoms with Gasteiger partial charge in [0.1, 0.15) is 0 Å². The Balaban J connectivity index is 1.97. The Morgan fingerprint density at radius 2 is 2.06 bits per heavy atom. The molecule has 0 saturated carbocycles. The average molecular weight is 240 g/mol. The van der Waals surface area contributed by atoms with Crippen LogP contribution < -0.4 is 5.32 Å². The lowest BCUT2D eigenvalue weighted by Crippen LogP contribution is -2.34. The van der Waals surface area contributed by atoms with Crippen molar-refractivity contribution in [1.82, 2.24) is 10.2 Å². The van der Waals surface area contributed by atoms with Gasteiger partial charge in [-0.1, -0.05) is 30.3 Å². The number of halogens is 2. The van der Waals surface area contributed by atoms with E-state index in [1.807, 2.05) is 42.3 Å². The van der Waals surface area contributed by atoms with Gasteiger partial charge in [0.05, 0.1) is 6.54 Å². The minimum atomic E-state index is -2.50. The summed E-state index contributed by atoms with van der Waals surface area (Å²) >= 11 is 0. The summed E-state index contributed by atoms with van der Waals surface area (Å²) in [5, 5.41) is 3.19. The molecular weight excluding hydrogens is 222 g/mol. The van der Waals surface area contributed by atoms with Crippen molar-refractivity contribution in [2.24, 2.45) is 0 Å². The van der Waals surface area contributed by atoms with Gasteiger partial charge in [-0.3, -0.25) is 4.90 Å². The molecule has 0 radical (unpaired) electrons. The van der Waals surface area contributed by atoms with Crippen LogP contribution in [0.1, 0.15) is 18.0 Å². The van der Waals surface area contributed by atoms with E-state index in [1.165, 1.54) is 0 Å². The molecule has 1 heterocycles. The molecule has 1 aromatic rings. The maximum absolute atomic E-state index is 13.1. The summed E-state index contributed by atoms with van der Waals surface area (Å²) in [7, 11) is 1.87. The van der Waals surface area contributed by atoms with E-state index in [9.17, 15) is 8.78 Å². The number of hydrogen-bond donors (Lipinski definition) is 1. The van der Waals surface area contributed by atoms with Gasteiger partial charge in [0, 0.05) is 25.6 Å².